The van der Waals surface area contributed by atoms with Crippen LogP contribution in [0.25, 0.3) is 0 Å². The van der Waals surface area contributed by atoms with Gasteiger partial charge in [-0.1, -0.05) is 6.07 Å². The summed E-state index contributed by atoms with van der Waals surface area (Å²) >= 11 is 3.31. The summed E-state index contributed by atoms with van der Waals surface area (Å²) in [5.41, 5.74) is 7.10. The van der Waals surface area contributed by atoms with Gasteiger partial charge in [-0.25, -0.2) is 4.39 Å². The molecule has 19 heavy (non-hydrogen) atoms. The molecule has 1 saturated heterocycles. The molecule has 0 unspecified atom stereocenters. The number of rotatable bonds is 3. The van der Waals surface area contributed by atoms with Crippen LogP contribution >= 0.6 is 15.9 Å². The number of nitrogens with two attached hydrogens (primary N) is 1. The number of anilines is 1. The smallest absolute Gasteiger partial charge is 0.160 e. The lowest BCUT2D eigenvalue weighted by Crippen LogP contribution is -2.47. The van der Waals surface area contributed by atoms with E-state index in [0.29, 0.717) is 16.7 Å². The van der Waals surface area contributed by atoms with Crippen LogP contribution in [0.4, 0.5) is 10.1 Å². The van der Waals surface area contributed by atoms with Crippen molar-refractivity contribution >= 4 is 21.6 Å². The molecule has 1 aromatic carbocycles. The number of piperazine rings is 1. The van der Waals surface area contributed by atoms with E-state index in [1.807, 2.05) is 12.1 Å². The molecule has 104 valence electrons. The molecular formula is C14H19BrFN3. The predicted octanol–water partition coefficient (Wildman–Crippen LogP) is 2.33. The molecule has 2 N–H and O–H groups in total. The van der Waals surface area contributed by atoms with Crippen molar-refractivity contribution in [2.75, 3.05) is 31.1 Å². The highest BCUT2D eigenvalue weighted by atomic mass is 79.9. The van der Waals surface area contributed by atoms with Crippen molar-refractivity contribution in [2.24, 2.45) is 5.73 Å². The molecule has 1 aliphatic carbocycles. The Morgan fingerprint density at radius 1 is 1.21 bits per heavy atom. The summed E-state index contributed by atoms with van der Waals surface area (Å²) in [6, 6.07) is 4.57. The normalized spacial score (nSPS) is 20.9. The summed E-state index contributed by atoms with van der Waals surface area (Å²) in [6.07, 6.45) is 2.68. The second kappa shape index (κ2) is 5.38. The average molecular weight is 328 g/mol. The van der Waals surface area contributed by atoms with Crippen molar-refractivity contribution in [2.45, 2.75) is 25.4 Å². The summed E-state index contributed by atoms with van der Waals surface area (Å²) < 4.78 is 14.9. The van der Waals surface area contributed by atoms with E-state index in [-0.39, 0.29) is 5.82 Å². The molecule has 1 heterocycles. The van der Waals surface area contributed by atoms with E-state index in [2.05, 4.69) is 25.7 Å². The molecule has 0 radical (unpaired) electrons. The van der Waals surface area contributed by atoms with Gasteiger partial charge in [-0.15, -0.1) is 0 Å². The maximum absolute atomic E-state index is 14.3. The Hall–Kier alpha value is -0.650. The lowest BCUT2D eigenvalue weighted by Gasteiger charge is -2.36. The fourth-order valence-corrected chi connectivity index (χ4v) is 3.25. The third-order valence-corrected chi connectivity index (χ3v) is 4.94. The van der Waals surface area contributed by atoms with Gasteiger partial charge in [0.05, 0.1) is 10.2 Å². The molecule has 5 heteroatoms. The van der Waals surface area contributed by atoms with Crippen LogP contribution in [-0.2, 0) is 6.54 Å². The summed E-state index contributed by atoms with van der Waals surface area (Å²) in [5, 5.41) is 0. The summed E-state index contributed by atoms with van der Waals surface area (Å²) in [6.45, 7) is 4.25. The molecule has 1 aliphatic heterocycles. The molecule has 0 aromatic heterocycles. The van der Waals surface area contributed by atoms with Gasteiger partial charge in [0.15, 0.2) is 5.82 Å². The summed E-state index contributed by atoms with van der Waals surface area (Å²) in [5.74, 6) is -0.178. The lowest BCUT2D eigenvalue weighted by atomic mass is 10.1. The van der Waals surface area contributed by atoms with Crippen molar-refractivity contribution in [1.29, 1.82) is 0 Å². The average Bonchev–Trinajstić information content (AvgIpc) is 3.27. The number of hydrogen-bond acceptors (Lipinski definition) is 3. The van der Waals surface area contributed by atoms with Gasteiger partial charge in [-0.2, -0.15) is 0 Å². The van der Waals surface area contributed by atoms with E-state index in [1.54, 1.807) is 0 Å². The minimum atomic E-state index is -0.178. The zero-order valence-electron chi connectivity index (χ0n) is 10.9. The van der Waals surface area contributed by atoms with Crippen LogP contribution in [0.15, 0.2) is 16.6 Å². The van der Waals surface area contributed by atoms with Crippen molar-refractivity contribution in [3.63, 3.8) is 0 Å². The first kappa shape index (κ1) is 13.3. The van der Waals surface area contributed by atoms with Crippen LogP contribution in [0.5, 0.6) is 0 Å². The molecule has 0 amide bonds. The second-order valence-electron chi connectivity index (χ2n) is 5.33. The van der Waals surface area contributed by atoms with Gasteiger partial charge in [0, 0.05) is 38.8 Å². The molecule has 0 spiro atoms. The van der Waals surface area contributed by atoms with Crippen LogP contribution in [0.3, 0.4) is 0 Å². The van der Waals surface area contributed by atoms with Crippen molar-refractivity contribution in [3.05, 3.63) is 28.0 Å². The third kappa shape index (κ3) is 2.64. The van der Waals surface area contributed by atoms with Gasteiger partial charge >= 0.3 is 0 Å². The number of benzene rings is 1. The van der Waals surface area contributed by atoms with E-state index in [1.165, 1.54) is 12.8 Å². The van der Waals surface area contributed by atoms with E-state index in [9.17, 15) is 4.39 Å². The van der Waals surface area contributed by atoms with Crippen molar-refractivity contribution < 1.29 is 4.39 Å². The molecule has 3 nitrogen and oxygen atoms in total. The van der Waals surface area contributed by atoms with E-state index < -0.39 is 0 Å². The fraction of sp³-hybridized carbons (Fsp3) is 0.571. The Labute approximate surface area is 121 Å². The van der Waals surface area contributed by atoms with Crippen LogP contribution in [-0.4, -0.2) is 37.1 Å². The fourth-order valence-electron chi connectivity index (χ4n) is 2.75. The van der Waals surface area contributed by atoms with E-state index >= 15 is 0 Å². The zero-order valence-corrected chi connectivity index (χ0v) is 12.5. The topological polar surface area (TPSA) is 32.5 Å². The van der Waals surface area contributed by atoms with Crippen LogP contribution in [0.1, 0.15) is 18.4 Å². The third-order valence-electron chi connectivity index (χ3n) is 4.08. The molecule has 0 atom stereocenters. The molecule has 0 bridgehead atoms. The van der Waals surface area contributed by atoms with Crippen molar-refractivity contribution in [1.82, 2.24) is 4.90 Å². The minimum Gasteiger partial charge on any atom is -0.367 e. The quantitative estimate of drug-likeness (QED) is 0.924. The Balaban J connectivity index is 1.74. The highest BCUT2D eigenvalue weighted by molar-refractivity contribution is 9.10. The summed E-state index contributed by atoms with van der Waals surface area (Å²) in [7, 11) is 0. The van der Waals surface area contributed by atoms with Gasteiger partial charge in [-0.05, 0) is 40.4 Å². The minimum absolute atomic E-state index is 0.178. The molecule has 2 fully saturated rings. The molecular weight excluding hydrogens is 309 g/mol. The van der Waals surface area contributed by atoms with Gasteiger partial charge in [0.25, 0.3) is 0 Å². The van der Waals surface area contributed by atoms with Gasteiger partial charge in [-0.3, -0.25) is 4.90 Å². The van der Waals surface area contributed by atoms with Crippen molar-refractivity contribution in [3.8, 4) is 0 Å². The molecule has 2 aliphatic rings. The number of nitrogens with zero attached hydrogens (tertiary/aromatic N) is 2. The molecule has 3 rings (SSSR count). The van der Waals surface area contributed by atoms with E-state index in [4.69, 9.17) is 5.73 Å². The highest BCUT2D eigenvalue weighted by Crippen LogP contribution is 2.32. The van der Waals surface area contributed by atoms with E-state index in [0.717, 1.165) is 37.8 Å². The number of hydrogen-bond donors (Lipinski definition) is 1. The lowest BCUT2D eigenvalue weighted by molar-refractivity contribution is 0.247. The van der Waals surface area contributed by atoms with Gasteiger partial charge in [0.1, 0.15) is 0 Å². The molecule has 1 aromatic rings. The Kier molecular flexibility index (Phi) is 3.78. The Bertz CT molecular complexity index is 468. The second-order valence-corrected chi connectivity index (χ2v) is 6.12. The first-order valence-electron chi connectivity index (χ1n) is 6.86. The monoisotopic (exact) mass is 327 g/mol. The number of halogens is 2. The highest BCUT2D eigenvalue weighted by Gasteiger charge is 2.31. The first-order valence-corrected chi connectivity index (χ1v) is 7.66. The van der Waals surface area contributed by atoms with Crippen LogP contribution in [0, 0.1) is 5.82 Å². The van der Waals surface area contributed by atoms with Gasteiger partial charge in [0.2, 0.25) is 0 Å². The Morgan fingerprint density at radius 2 is 1.89 bits per heavy atom. The molecule has 1 saturated carbocycles. The maximum atomic E-state index is 14.3. The Morgan fingerprint density at radius 3 is 2.47 bits per heavy atom. The standard InChI is InChI=1S/C14H19BrFN3/c15-13-10(9-17)1-4-12(14(13)16)19-7-5-18(6-8-19)11-2-3-11/h1,4,11H,2-3,5-9,17H2. The van der Waals surface area contributed by atoms with Crippen LogP contribution < -0.4 is 10.6 Å². The van der Waals surface area contributed by atoms with Crippen LogP contribution in [0.2, 0.25) is 0 Å². The summed E-state index contributed by atoms with van der Waals surface area (Å²) in [4.78, 5) is 4.66. The zero-order chi connectivity index (χ0) is 13.4. The largest absolute Gasteiger partial charge is 0.367 e. The maximum Gasteiger partial charge on any atom is 0.160 e. The SMILES string of the molecule is NCc1ccc(N2CCN(C3CC3)CC2)c(F)c1Br. The van der Waals surface area contributed by atoms with Gasteiger partial charge < -0.3 is 10.6 Å². The predicted molar refractivity (Wildman–Crippen MR) is 78.8 cm³/mol. The first-order chi connectivity index (χ1) is 9.20.